The van der Waals surface area contributed by atoms with Gasteiger partial charge in [-0.2, -0.15) is 13.2 Å². The fourth-order valence-electron chi connectivity index (χ4n) is 0.992. The van der Waals surface area contributed by atoms with Crippen LogP contribution in [0.3, 0.4) is 0 Å². The van der Waals surface area contributed by atoms with Gasteiger partial charge in [0.15, 0.2) is 5.69 Å². The van der Waals surface area contributed by atoms with Crippen LogP contribution in [-0.4, -0.2) is 10.2 Å². The van der Waals surface area contributed by atoms with E-state index in [0.29, 0.717) is 12.3 Å². The minimum atomic E-state index is -5.00. The van der Waals surface area contributed by atoms with Crippen molar-refractivity contribution < 1.29 is 26.7 Å². The molecule has 8 heteroatoms. The molecule has 0 aliphatic carbocycles. The van der Waals surface area contributed by atoms with E-state index in [1.54, 1.807) is 0 Å². The predicted octanol–water partition coefficient (Wildman–Crippen LogP) is 3.42. The highest BCUT2D eigenvalue weighted by atomic mass is 35.5. The van der Waals surface area contributed by atoms with E-state index in [4.69, 9.17) is 11.6 Å². The predicted molar refractivity (Wildman–Crippen MR) is 44.4 cm³/mol. The first-order chi connectivity index (χ1) is 7.23. The third-order valence-electron chi connectivity index (χ3n) is 1.65. The first-order valence-corrected chi connectivity index (χ1v) is 4.16. The second-order valence-corrected chi connectivity index (χ2v) is 3.08. The van der Waals surface area contributed by atoms with Crippen molar-refractivity contribution in [2.24, 2.45) is 0 Å². The number of pyridine rings is 1. The molecule has 0 atom stereocenters. The maximum atomic E-state index is 12.3. The molecule has 1 heterocycles. The standard InChI is InChI=1S/C8H3ClF5NO/c9-6(16)3-1-4(7(10)11)5(15-2-3)8(12,13)14/h1-2,7H. The second kappa shape index (κ2) is 4.32. The highest BCUT2D eigenvalue weighted by Crippen LogP contribution is 2.35. The monoisotopic (exact) mass is 259 g/mol. The Morgan fingerprint density at radius 2 is 1.94 bits per heavy atom. The van der Waals surface area contributed by atoms with Crippen LogP contribution in [0.4, 0.5) is 22.0 Å². The van der Waals surface area contributed by atoms with E-state index in [2.05, 4.69) is 4.98 Å². The molecule has 1 rings (SSSR count). The molecule has 0 N–H and O–H groups in total. The van der Waals surface area contributed by atoms with E-state index in [9.17, 15) is 26.7 Å². The summed E-state index contributed by atoms with van der Waals surface area (Å²) in [5, 5.41) is -1.15. The van der Waals surface area contributed by atoms with Crippen molar-refractivity contribution in [1.29, 1.82) is 0 Å². The summed E-state index contributed by atoms with van der Waals surface area (Å²) in [6, 6.07) is 0.385. The van der Waals surface area contributed by atoms with Gasteiger partial charge in [0.25, 0.3) is 11.7 Å². The molecule has 0 aliphatic heterocycles. The van der Waals surface area contributed by atoms with Gasteiger partial charge in [-0.1, -0.05) is 0 Å². The Morgan fingerprint density at radius 1 is 1.38 bits per heavy atom. The first kappa shape index (κ1) is 12.8. The van der Waals surface area contributed by atoms with Crippen molar-refractivity contribution in [3.8, 4) is 0 Å². The summed E-state index contributed by atoms with van der Waals surface area (Å²) in [7, 11) is 0. The summed E-state index contributed by atoms with van der Waals surface area (Å²) in [5.41, 5.74) is -3.59. The van der Waals surface area contributed by atoms with E-state index in [1.807, 2.05) is 0 Å². The Balaban J connectivity index is 3.37. The molecule has 0 amide bonds. The fraction of sp³-hybridized carbons (Fsp3) is 0.250. The van der Waals surface area contributed by atoms with Crippen LogP contribution in [0.5, 0.6) is 0 Å². The van der Waals surface area contributed by atoms with Crippen LogP contribution in [0, 0.1) is 0 Å². The van der Waals surface area contributed by atoms with Crippen LogP contribution in [0.25, 0.3) is 0 Å². The van der Waals surface area contributed by atoms with E-state index >= 15 is 0 Å². The molecule has 0 saturated carbocycles. The molecule has 2 nitrogen and oxygen atoms in total. The van der Waals surface area contributed by atoms with Gasteiger partial charge in [-0.25, -0.2) is 8.78 Å². The summed E-state index contributed by atoms with van der Waals surface area (Å²) in [5.74, 6) is 0. The number of halogens is 6. The van der Waals surface area contributed by atoms with Gasteiger partial charge in [-0.15, -0.1) is 0 Å². The number of hydrogen-bond acceptors (Lipinski definition) is 2. The van der Waals surface area contributed by atoms with Crippen LogP contribution in [0.1, 0.15) is 28.0 Å². The van der Waals surface area contributed by atoms with Crippen LogP contribution in [0.15, 0.2) is 12.3 Å². The Hall–Kier alpha value is -1.24. The van der Waals surface area contributed by atoms with E-state index in [0.717, 1.165) is 0 Å². The van der Waals surface area contributed by atoms with Crippen LogP contribution >= 0.6 is 11.6 Å². The molecule has 0 aliphatic rings. The summed E-state index contributed by atoms with van der Waals surface area (Å²) in [6.07, 6.45) is -7.89. The van der Waals surface area contributed by atoms with Crippen LogP contribution in [0.2, 0.25) is 0 Å². The average molecular weight is 260 g/mol. The minimum Gasteiger partial charge on any atom is -0.276 e. The third kappa shape index (κ3) is 2.66. The van der Waals surface area contributed by atoms with Gasteiger partial charge < -0.3 is 0 Å². The number of hydrogen-bond donors (Lipinski definition) is 0. The van der Waals surface area contributed by atoms with Gasteiger partial charge in [0.2, 0.25) is 0 Å². The largest absolute Gasteiger partial charge is 0.433 e. The normalized spacial score (nSPS) is 11.9. The van der Waals surface area contributed by atoms with Crippen molar-refractivity contribution in [3.63, 3.8) is 0 Å². The molecule has 88 valence electrons. The number of nitrogens with zero attached hydrogens (tertiary/aromatic N) is 1. The Morgan fingerprint density at radius 3 is 2.31 bits per heavy atom. The van der Waals surface area contributed by atoms with Gasteiger partial charge in [0.1, 0.15) is 0 Å². The first-order valence-electron chi connectivity index (χ1n) is 3.78. The van der Waals surface area contributed by atoms with Crippen LogP contribution < -0.4 is 0 Å². The fourth-order valence-corrected chi connectivity index (χ4v) is 1.10. The Bertz CT molecular complexity index is 417. The van der Waals surface area contributed by atoms with E-state index < -0.39 is 34.7 Å². The lowest BCUT2D eigenvalue weighted by atomic mass is 10.1. The second-order valence-electron chi connectivity index (χ2n) is 2.73. The molecule has 16 heavy (non-hydrogen) atoms. The van der Waals surface area contributed by atoms with Crippen molar-refractivity contribution in [1.82, 2.24) is 4.98 Å². The van der Waals surface area contributed by atoms with E-state index in [1.165, 1.54) is 0 Å². The van der Waals surface area contributed by atoms with Crippen molar-refractivity contribution >= 4 is 16.8 Å². The molecular formula is C8H3ClF5NO. The molecule has 0 bridgehead atoms. The lowest BCUT2D eigenvalue weighted by molar-refractivity contribution is -0.143. The topological polar surface area (TPSA) is 30.0 Å². The molecular weight excluding hydrogens is 257 g/mol. The number of carbonyl (C=O) groups excluding carboxylic acids is 1. The number of alkyl halides is 5. The average Bonchev–Trinajstić information content (AvgIpc) is 2.15. The molecule has 0 saturated heterocycles. The van der Waals surface area contributed by atoms with Crippen molar-refractivity contribution in [2.45, 2.75) is 12.6 Å². The zero-order valence-electron chi connectivity index (χ0n) is 7.36. The number of rotatable bonds is 2. The summed E-state index contributed by atoms with van der Waals surface area (Å²) >= 11 is 4.94. The summed E-state index contributed by atoms with van der Waals surface area (Å²) < 4.78 is 61.3. The van der Waals surface area contributed by atoms with Gasteiger partial charge >= 0.3 is 6.18 Å². The highest BCUT2D eigenvalue weighted by Gasteiger charge is 2.37. The molecule has 0 radical (unpaired) electrons. The highest BCUT2D eigenvalue weighted by molar-refractivity contribution is 6.67. The smallest absolute Gasteiger partial charge is 0.276 e. The maximum Gasteiger partial charge on any atom is 0.433 e. The molecule has 1 aromatic rings. The van der Waals surface area contributed by atoms with Crippen LogP contribution in [-0.2, 0) is 6.18 Å². The lowest BCUT2D eigenvalue weighted by Crippen LogP contribution is -2.13. The quantitative estimate of drug-likeness (QED) is 0.602. The number of aromatic nitrogens is 1. The van der Waals surface area contributed by atoms with Crippen molar-refractivity contribution in [2.75, 3.05) is 0 Å². The molecule has 1 aromatic heterocycles. The zero-order chi connectivity index (χ0) is 12.5. The lowest BCUT2D eigenvalue weighted by Gasteiger charge is -2.11. The maximum absolute atomic E-state index is 12.3. The molecule has 0 fully saturated rings. The Labute approximate surface area is 91.0 Å². The van der Waals surface area contributed by atoms with Gasteiger partial charge in [-0.05, 0) is 17.7 Å². The van der Waals surface area contributed by atoms with E-state index in [-0.39, 0.29) is 0 Å². The molecule has 0 spiro atoms. The zero-order valence-corrected chi connectivity index (χ0v) is 8.11. The minimum absolute atomic E-state index is 0.385. The molecule has 0 aromatic carbocycles. The summed E-state index contributed by atoms with van der Waals surface area (Å²) in [4.78, 5) is 13.4. The molecule has 0 unspecified atom stereocenters. The Kier molecular flexibility index (Phi) is 3.47. The van der Waals surface area contributed by atoms with Gasteiger partial charge in [-0.3, -0.25) is 9.78 Å². The SMILES string of the molecule is O=C(Cl)c1cnc(C(F)(F)F)c(C(F)F)c1. The third-order valence-corrected chi connectivity index (χ3v) is 1.87. The number of carbonyl (C=O) groups is 1. The van der Waals surface area contributed by atoms with Gasteiger partial charge in [0, 0.05) is 11.8 Å². The summed E-state index contributed by atoms with van der Waals surface area (Å²) in [6.45, 7) is 0. The van der Waals surface area contributed by atoms with Crippen molar-refractivity contribution in [3.05, 3.63) is 29.1 Å². The van der Waals surface area contributed by atoms with Gasteiger partial charge in [0.05, 0.1) is 5.56 Å².